The van der Waals surface area contributed by atoms with Crippen molar-refractivity contribution in [2.75, 3.05) is 18.4 Å². The Balaban J connectivity index is 1.85. The lowest BCUT2D eigenvalue weighted by Gasteiger charge is -2.26. The van der Waals surface area contributed by atoms with Gasteiger partial charge in [-0.05, 0) is 43.2 Å². The molecule has 0 aliphatic heterocycles. The zero-order chi connectivity index (χ0) is 15.1. The van der Waals surface area contributed by atoms with Gasteiger partial charge in [0.1, 0.15) is 11.5 Å². The maximum absolute atomic E-state index is 12.2. The van der Waals surface area contributed by atoms with Crippen LogP contribution in [0.2, 0.25) is 0 Å². The second kappa shape index (κ2) is 8.01. The smallest absolute Gasteiger partial charge is 0.269 e. The molecule has 1 fully saturated rings. The SMILES string of the molecule is CCCNc1cccc(C(=O)NCC2CCCC(C)C2)n1. The van der Waals surface area contributed by atoms with Crippen molar-refractivity contribution in [3.63, 3.8) is 0 Å². The molecule has 1 aromatic rings. The molecule has 2 unspecified atom stereocenters. The lowest BCUT2D eigenvalue weighted by atomic mass is 9.82. The molecule has 1 aromatic heterocycles. The molecule has 21 heavy (non-hydrogen) atoms. The number of nitrogens with one attached hydrogen (secondary N) is 2. The van der Waals surface area contributed by atoms with Crippen LogP contribution in [0.3, 0.4) is 0 Å². The normalized spacial score (nSPS) is 21.8. The summed E-state index contributed by atoms with van der Waals surface area (Å²) in [7, 11) is 0. The number of nitrogens with zero attached hydrogens (tertiary/aromatic N) is 1. The van der Waals surface area contributed by atoms with Crippen molar-refractivity contribution >= 4 is 11.7 Å². The van der Waals surface area contributed by atoms with Crippen LogP contribution in [0.5, 0.6) is 0 Å². The molecular formula is C17H27N3O. The zero-order valence-electron chi connectivity index (χ0n) is 13.2. The Morgan fingerprint density at radius 1 is 1.38 bits per heavy atom. The number of aromatic nitrogens is 1. The van der Waals surface area contributed by atoms with E-state index in [2.05, 4.69) is 29.5 Å². The number of anilines is 1. The van der Waals surface area contributed by atoms with Crippen LogP contribution in [0.4, 0.5) is 5.82 Å². The van der Waals surface area contributed by atoms with Gasteiger partial charge in [-0.2, -0.15) is 0 Å². The van der Waals surface area contributed by atoms with Crippen molar-refractivity contribution < 1.29 is 4.79 Å². The molecule has 0 radical (unpaired) electrons. The van der Waals surface area contributed by atoms with Crippen LogP contribution in [0.1, 0.15) is 56.4 Å². The van der Waals surface area contributed by atoms with Gasteiger partial charge >= 0.3 is 0 Å². The first-order valence-electron chi connectivity index (χ1n) is 8.18. The summed E-state index contributed by atoms with van der Waals surface area (Å²) in [5.41, 5.74) is 0.500. The lowest BCUT2D eigenvalue weighted by molar-refractivity contribution is 0.0936. The Morgan fingerprint density at radius 3 is 3.00 bits per heavy atom. The average molecular weight is 289 g/mol. The zero-order valence-corrected chi connectivity index (χ0v) is 13.2. The summed E-state index contributed by atoms with van der Waals surface area (Å²) < 4.78 is 0. The molecule has 4 nitrogen and oxygen atoms in total. The van der Waals surface area contributed by atoms with Crippen molar-refractivity contribution in [3.05, 3.63) is 23.9 Å². The van der Waals surface area contributed by atoms with Crippen molar-refractivity contribution in [2.24, 2.45) is 11.8 Å². The van der Waals surface area contributed by atoms with Crippen LogP contribution in [-0.4, -0.2) is 24.0 Å². The highest BCUT2D eigenvalue weighted by atomic mass is 16.1. The van der Waals surface area contributed by atoms with Gasteiger partial charge in [0, 0.05) is 13.1 Å². The van der Waals surface area contributed by atoms with E-state index in [0.29, 0.717) is 11.6 Å². The Hall–Kier alpha value is -1.58. The van der Waals surface area contributed by atoms with Gasteiger partial charge in [-0.1, -0.05) is 32.8 Å². The van der Waals surface area contributed by atoms with Gasteiger partial charge in [-0.25, -0.2) is 4.98 Å². The Bertz CT molecular complexity index is 461. The standard InChI is InChI=1S/C17H27N3O/c1-3-10-18-16-9-5-8-15(20-16)17(21)19-12-14-7-4-6-13(2)11-14/h5,8-9,13-14H,3-4,6-7,10-12H2,1-2H3,(H,18,20)(H,19,21). The van der Waals surface area contributed by atoms with E-state index in [-0.39, 0.29) is 5.91 Å². The molecule has 1 aliphatic rings. The van der Waals surface area contributed by atoms with Crippen molar-refractivity contribution in [3.8, 4) is 0 Å². The molecule has 116 valence electrons. The van der Waals surface area contributed by atoms with Crippen LogP contribution in [0.25, 0.3) is 0 Å². The third-order valence-corrected chi connectivity index (χ3v) is 4.13. The largest absolute Gasteiger partial charge is 0.370 e. The molecule has 0 saturated heterocycles. The van der Waals surface area contributed by atoms with Gasteiger partial charge in [0.25, 0.3) is 5.91 Å². The second-order valence-corrected chi connectivity index (χ2v) is 6.18. The molecule has 4 heteroatoms. The van der Waals surface area contributed by atoms with Crippen molar-refractivity contribution in [1.29, 1.82) is 0 Å². The van der Waals surface area contributed by atoms with Crippen LogP contribution in [-0.2, 0) is 0 Å². The average Bonchev–Trinajstić information content (AvgIpc) is 2.51. The topological polar surface area (TPSA) is 54.0 Å². The first-order valence-corrected chi connectivity index (χ1v) is 8.18. The summed E-state index contributed by atoms with van der Waals surface area (Å²) in [4.78, 5) is 16.6. The first-order chi connectivity index (χ1) is 10.2. The van der Waals surface area contributed by atoms with Crippen LogP contribution >= 0.6 is 0 Å². The minimum absolute atomic E-state index is 0.0617. The van der Waals surface area contributed by atoms with Crippen molar-refractivity contribution in [2.45, 2.75) is 46.0 Å². The quantitative estimate of drug-likeness (QED) is 0.843. The number of pyridine rings is 1. The maximum atomic E-state index is 12.2. The molecule has 1 aliphatic carbocycles. The summed E-state index contributed by atoms with van der Waals surface area (Å²) in [6.07, 6.45) is 6.12. The highest BCUT2D eigenvalue weighted by Crippen LogP contribution is 2.27. The molecule has 1 amide bonds. The molecule has 2 rings (SSSR count). The van der Waals surface area contributed by atoms with Gasteiger partial charge in [-0.15, -0.1) is 0 Å². The summed E-state index contributed by atoms with van der Waals surface area (Å²) in [6.45, 7) is 6.06. The molecule has 1 saturated carbocycles. The van der Waals surface area contributed by atoms with Gasteiger partial charge < -0.3 is 10.6 Å². The highest BCUT2D eigenvalue weighted by molar-refractivity contribution is 5.92. The van der Waals surface area contributed by atoms with E-state index in [1.807, 2.05) is 12.1 Å². The summed E-state index contributed by atoms with van der Waals surface area (Å²) in [5.74, 6) is 2.13. The van der Waals surface area contributed by atoms with E-state index >= 15 is 0 Å². The molecule has 0 aromatic carbocycles. The molecule has 0 spiro atoms. The van der Waals surface area contributed by atoms with E-state index in [9.17, 15) is 4.79 Å². The maximum Gasteiger partial charge on any atom is 0.269 e. The predicted molar refractivity (Wildman–Crippen MR) is 86.5 cm³/mol. The number of rotatable bonds is 6. The summed E-state index contributed by atoms with van der Waals surface area (Å²) in [5, 5.41) is 6.25. The minimum atomic E-state index is -0.0617. The van der Waals surface area contributed by atoms with Crippen LogP contribution in [0.15, 0.2) is 18.2 Å². The number of carbonyl (C=O) groups excluding carboxylic acids is 1. The van der Waals surface area contributed by atoms with E-state index in [1.165, 1.54) is 25.7 Å². The number of hydrogen-bond donors (Lipinski definition) is 2. The lowest BCUT2D eigenvalue weighted by Crippen LogP contribution is -2.32. The molecular weight excluding hydrogens is 262 g/mol. The number of hydrogen-bond acceptors (Lipinski definition) is 3. The fourth-order valence-corrected chi connectivity index (χ4v) is 2.99. The van der Waals surface area contributed by atoms with Gasteiger partial charge in [0.2, 0.25) is 0 Å². The second-order valence-electron chi connectivity index (χ2n) is 6.18. The molecule has 2 N–H and O–H groups in total. The monoisotopic (exact) mass is 289 g/mol. The molecule has 2 atom stereocenters. The number of amides is 1. The van der Waals surface area contributed by atoms with E-state index in [4.69, 9.17) is 0 Å². The van der Waals surface area contributed by atoms with E-state index in [1.54, 1.807) is 6.07 Å². The van der Waals surface area contributed by atoms with Crippen LogP contribution < -0.4 is 10.6 Å². The van der Waals surface area contributed by atoms with Crippen molar-refractivity contribution in [1.82, 2.24) is 10.3 Å². The summed E-state index contributed by atoms with van der Waals surface area (Å²) >= 11 is 0. The third kappa shape index (κ3) is 5.03. The Kier molecular flexibility index (Phi) is 6.03. The third-order valence-electron chi connectivity index (χ3n) is 4.13. The van der Waals surface area contributed by atoms with E-state index < -0.39 is 0 Å². The van der Waals surface area contributed by atoms with E-state index in [0.717, 1.165) is 31.2 Å². The Morgan fingerprint density at radius 2 is 2.24 bits per heavy atom. The summed E-state index contributed by atoms with van der Waals surface area (Å²) in [6, 6.07) is 5.55. The minimum Gasteiger partial charge on any atom is -0.370 e. The fourth-order valence-electron chi connectivity index (χ4n) is 2.99. The molecule has 1 heterocycles. The molecule has 0 bridgehead atoms. The fraction of sp³-hybridized carbons (Fsp3) is 0.647. The number of carbonyl (C=O) groups is 1. The Labute approximate surface area is 127 Å². The first kappa shape index (κ1) is 15.8. The van der Waals surface area contributed by atoms with Crippen LogP contribution in [0, 0.1) is 11.8 Å². The highest BCUT2D eigenvalue weighted by Gasteiger charge is 2.19. The predicted octanol–water partition coefficient (Wildman–Crippen LogP) is 3.46. The van der Waals surface area contributed by atoms with Gasteiger partial charge in [-0.3, -0.25) is 4.79 Å². The van der Waals surface area contributed by atoms with Gasteiger partial charge in [0.05, 0.1) is 0 Å². The van der Waals surface area contributed by atoms with Gasteiger partial charge in [0.15, 0.2) is 0 Å².